The Bertz CT molecular complexity index is 892. The minimum atomic E-state index is -0.269. The van der Waals surface area contributed by atoms with E-state index in [-0.39, 0.29) is 23.4 Å². The van der Waals surface area contributed by atoms with Gasteiger partial charge in [-0.2, -0.15) is 0 Å². The molecule has 2 amide bonds. The van der Waals surface area contributed by atoms with Gasteiger partial charge in [-0.3, -0.25) is 4.79 Å². The van der Waals surface area contributed by atoms with E-state index in [0.29, 0.717) is 43.1 Å². The van der Waals surface area contributed by atoms with E-state index in [1.807, 2.05) is 6.07 Å². The summed E-state index contributed by atoms with van der Waals surface area (Å²) in [6.45, 7) is 5.55. The molecule has 2 N–H and O–H groups in total. The average Bonchev–Trinajstić information content (AvgIpc) is 2.68. The van der Waals surface area contributed by atoms with Crippen molar-refractivity contribution in [1.29, 1.82) is 0 Å². The zero-order chi connectivity index (χ0) is 20.3. The summed E-state index contributed by atoms with van der Waals surface area (Å²) in [5, 5.41) is 12.4. The molecule has 3 rings (SSSR count). The van der Waals surface area contributed by atoms with E-state index in [9.17, 15) is 14.7 Å². The number of benzene rings is 1. The summed E-state index contributed by atoms with van der Waals surface area (Å²) in [7, 11) is 1.47. The van der Waals surface area contributed by atoms with Crippen molar-refractivity contribution >= 4 is 23.2 Å². The number of aryl methyl sites for hydroxylation is 1. The molecule has 1 aromatic carbocycles. The fourth-order valence-electron chi connectivity index (χ4n) is 3.24. The topological polar surface area (TPSA) is 95.0 Å². The number of urea groups is 1. The standard InChI is InChI=1S/C20H24N4O4/c1-13-17(14(2)25)12-18(19(21-13)28-3)22-20(27)24-9-7-23(8-10-24)15-5-4-6-16(26)11-15/h4-6,11-12,26H,7-10H2,1-3H3,(H,22,27). The van der Waals surface area contributed by atoms with Crippen LogP contribution in [0.5, 0.6) is 11.6 Å². The van der Waals surface area contributed by atoms with Crippen LogP contribution in [0.15, 0.2) is 30.3 Å². The zero-order valence-electron chi connectivity index (χ0n) is 16.2. The third kappa shape index (κ3) is 4.16. The molecule has 1 aliphatic rings. The molecule has 0 aliphatic carbocycles. The number of hydrogen-bond acceptors (Lipinski definition) is 6. The number of aromatic nitrogens is 1. The van der Waals surface area contributed by atoms with Crippen LogP contribution in [0.4, 0.5) is 16.2 Å². The number of ether oxygens (including phenoxy) is 1. The summed E-state index contributed by atoms with van der Waals surface area (Å²) in [6, 6.07) is 8.40. The SMILES string of the molecule is COc1nc(C)c(C(C)=O)cc1NC(=O)N1CCN(c2cccc(O)c2)CC1. The molecule has 0 saturated carbocycles. The number of anilines is 2. The molecular weight excluding hydrogens is 360 g/mol. The minimum absolute atomic E-state index is 0.122. The van der Waals surface area contributed by atoms with Gasteiger partial charge in [0.2, 0.25) is 5.88 Å². The lowest BCUT2D eigenvalue weighted by molar-refractivity contribution is 0.101. The summed E-state index contributed by atoms with van der Waals surface area (Å²) in [6.07, 6.45) is 0. The lowest BCUT2D eigenvalue weighted by atomic mass is 10.1. The highest BCUT2D eigenvalue weighted by Gasteiger charge is 2.23. The third-order valence-electron chi connectivity index (χ3n) is 4.75. The third-order valence-corrected chi connectivity index (χ3v) is 4.75. The predicted octanol–water partition coefficient (Wildman–Crippen LogP) is 2.66. The zero-order valence-corrected chi connectivity index (χ0v) is 16.2. The minimum Gasteiger partial charge on any atom is -0.508 e. The highest BCUT2D eigenvalue weighted by atomic mass is 16.5. The molecule has 28 heavy (non-hydrogen) atoms. The molecule has 148 valence electrons. The van der Waals surface area contributed by atoms with E-state index in [1.54, 1.807) is 36.1 Å². The van der Waals surface area contributed by atoms with Crippen molar-refractivity contribution in [2.45, 2.75) is 13.8 Å². The Morgan fingerprint density at radius 3 is 2.50 bits per heavy atom. The van der Waals surface area contributed by atoms with E-state index in [0.717, 1.165) is 5.69 Å². The Balaban J connectivity index is 1.68. The van der Waals surface area contributed by atoms with Gasteiger partial charge in [0.25, 0.3) is 0 Å². The van der Waals surface area contributed by atoms with E-state index in [2.05, 4.69) is 15.2 Å². The van der Waals surface area contributed by atoms with Gasteiger partial charge < -0.3 is 25.0 Å². The van der Waals surface area contributed by atoms with Crippen molar-refractivity contribution in [3.8, 4) is 11.6 Å². The van der Waals surface area contributed by atoms with E-state index < -0.39 is 0 Å². The fraction of sp³-hybridized carbons (Fsp3) is 0.350. The second-order valence-electron chi connectivity index (χ2n) is 6.66. The van der Waals surface area contributed by atoms with Gasteiger partial charge in [-0.15, -0.1) is 0 Å². The maximum atomic E-state index is 12.7. The van der Waals surface area contributed by atoms with Crippen LogP contribution in [0.3, 0.4) is 0 Å². The van der Waals surface area contributed by atoms with Gasteiger partial charge in [0.15, 0.2) is 5.78 Å². The van der Waals surface area contributed by atoms with Crippen molar-refractivity contribution in [2.75, 3.05) is 43.5 Å². The highest BCUT2D eigenvalue weighted by Crippen LogP contribution is 2.26. The first-order valence-corrected chi connectivity index (χ1v) is 9.05. The number of carbonyl (C=O) groups excluding carboxylic acids is 2. The van der Waals surface area contributed by atoms with Gasteiger partial charge in [0.1, 0.15) is 11.4 Å². The second kappa shape index (κ2) is 8.16. The van der Waals surface area contributed by atoms with Crippen LogP contribution < -0.4 is 15.0 Å². The normalized spacial score (nSPS) is 14.0. The average molecular weight is 384 g/mol. The first-order valence-electron chi connectivity index (χ1n) is 9.05. The first kappa shape index (κ1) is 19.5. The Labute approximate surface area is 163 Å². The van der Waals surface area contributed by atoms with Crippen LogP contribution in [0.2, 0.25) is 0 Å². The summed E-state index contributed by atoms with van der Waals surface area (Å²) in [5.41, 5.74) is 2.31. The fourth-order valence-corrected chi connectivity index (χ4v) is 3.24. The van der Waals surface area contributed by atoms with Crippen molar-refractivity contribution in [3.63, 3.8) is 0 Å². The van der Waals surface area contributed by atoms with Crippen LogP contribution >= 0.6 is 0 Å². The number of Topliss-reactive ketones (excluding diaryl/α,β-unsaturated/α-hetero) is 1. The number of rotatable bonds is 4. The molecule has 0 unspecified atom stereocenters. The number of nitrogens with zero attached hydrogens (tertiary/aromatic N) is 3. The highest BCUT2D eigenvalue weighted by molar-refractivity contribution is 5.98. The molecule has 2 aromatic rings. The molecule has 8 heteroatoms. The molecule has 0 radical (unpaired) electrons. The Morgan fingerprint density at radius 2 is 1.89 bits per heavy atom. The number of ketones is 1. The number of phenols is 1. The van der Waals surface area contributed by atoms with Crippen LogP contribution in [-0.4, -0.2) is 60.1 Å². The summed E-state index contributed by atoms with van der Waals surface area (Å²) in [5.74, 6) is 0.370. The van der Waals surface area contributed by atoms with Crippen molar-refractivity contribution in [3.05, 3.63) is 41.6 Å². The van der Waals surface area contributed by atoms with E-state index in [4.69, 9.17) is 4.74 Å². The van der Waals surface area contributed by atoms with E-state index in [1.165, 1.54) is 14.0 Å². The van der Waals surface area contributed by atoms with Crippen LogP contribution in [0.25, 0.3) is 0 Å². The van der Waals surface area contributed by atoms with E-state index >= 15 is 0 Å². The maximum absolute atomic E-state index is 12.7. The Hall–Kier alpha value is -3.29. The maximum Gasteiger partial charge on any atom is 0.322 e. The number of phenolic OH excluding ortho intramolecular Hbond substituents is 1. The molecule has 2 heterocycles. The summed E-state index contributed by atoms with van der Waals surface area (Å²) in [4.78, 5) is 32.5. The number of hydrogen-bond donors (Lipinski definition) is 2. The van der Waals surface area contributed by atoms with Crippen LogP contribution in [0.1, 0.15) is 23.0 Å². The molecule has 8 nitrogen and oxygen atoms in total. The number of nitrogens with one attached hydrogen (secondary N) is 1. The molecule has 1 aromatic heterocycles. The Kier molecular flexibility index (Phi) is 5.67. The van der Waals surface area contributed by atoms with Gasteiger partial charge in [-0.05, 0) is 32.0 Å². The number of amides is 2. The van der Waals surface area contributed by atoms with Crippen molar-refractivity contribution in [2.24, 2.45) is 0 Å². The van der Waals surface area contributed by atoms with Crippen LogP contribution in [-0.2, 0) is 0 Å². The van der Waals surface area contributed by atoms with Gasteiger partial charge in [-0.25, -0.2) is 9.78 Å². The smallest absolute Gasteiger partial charge is 0.322 e. The molecule has 1 saturated heterocycles. The lowest BCUT2D eigenvalue weighted by Crippen LogP contribution is -2.50. The molecule has 0 spiro atoms. The number of pyridine rings is 1. The predicted molar refractivity (Wildman–Crippen MR) is 106 cm³/mol. The molecular formula is C20H24N4O4. The number of methoxy groups -OCH3 is 1. The van der Waals surface area contributed by atoms with Crippen molar-refractivity contribution < 1.29 is 19.4 Å². The quantitative estimate of drug-likeness (QED) is 0.787. The molecule has 0 atom stereocenters. The Morgan fingerprint density at radius 1 is 1.18 bits per heavy atom. The molecule has 1 aliphatic heterocycles. The monoisotopic (exact) mass is 384 g/mol. The van der Waals surface area contributed by atoms with Crippen molar-refractivity contribution in [1.82, 2.24) is 9.88 Å². The second-order valence-corrected chi connectivity index (χ2v) is 6.66. The summed E-state index contributed by atoms with van der Waals surface area (Å²) < 4.78 is 5.25. The van der Waals surface area contributed by atoms with Gasteiger partial charge in [0, 0.05) is 43.5 Å². The summed E-state index contributed by atoms with van der Waals surface area (Å²) >= 11 is 0. The molecule has 1 fully saturated rings. The largest absolute Gasteiger partial charge is 0.508 e. The van der Waals surface area contributed by atoms with Gasteiger partial charge >= 0.3 is 6.03 Å². The first-order chi connectivity index (χ1) is 13.4. The number of carbonyl (C=O) groups is 2. The van der Waals surface area contributed by atoms with Gasteiger partial charge in [-0.1, -0.05) is 6.07 Å². The number of aromatic hydroxyl groups is 1. The van der Waals surface area contributed by atoms with Crippen LogP contribution in [0, 0.1) is 6.92 Å². The number of piperazine rings is 1. The lowest BCUT2D eigenvalue weighted by Gasteiger charge is -2.36. The molecule has 0 bridgehead atoms. The van der Waals surface area contributed by atoms with Gasteiger partial charge in [0.05, 0.1) is 12.8 Å².